The molecule has 0 saturated carbocycles. The molecule has 3 rings (SSSR count). The number of rotatable bonds is 4. The predicted octanol–water partition coefficient (Wildman–Crippen LogP) is 1.91. The number of hydrogen-bond acceptors (Lipinski definition) is 6. The zero-order valence-electron chi connectivity index (χ0n) is 10.8. The smallest absolute Gasteiger partial charge is 0.248 e. The number of nitrogens with zero attached hydrogens (tertiary/aromatic N) is 5. The number of amides is 1. The monoisotopic (exact) mass is 298 g/mol. The molecule has 3 aromatic rings. The summed E-state index contributed by atoms with van der Waals surface area (Å²) in [5.41, 5.74) is 0. The molecule has 0 spiro atoms. The molecule has 104 valence electrons. The molecule has 21 heavy (non-hydrogen) atoms. The lowest BCUT2D eigenvalue weighted by molar-refractivity contribution is -0.111. The van der Waals surface area contributed by atoms with Crippen molar-refractivity contribution in [3.05, 3.63) is 48.8 Å². The number of thiazole rings is 1. The number of carbonyl (C=O) groups is 1. The average molecular weight is 298 g/mol. The fourth-order valence-electron chi connectivity index (χ4n) is 1.63. The topological polar surface area (TPSA) is 85.6 Å². The van der Waals surface area contributed by atoms with Crippen LogP contribution in [0.4, 0.5) is 5.82 Å². The standard InChI is InChI=1S/C13H10N6OS/c1-2-11(20)16-9-8-10(19-6-3-4-15-19)18-12(17-9)13-14-5-7-21-13/h2-8H,1H2,(H,16,17,18,20). The minimum absolute atomic E-state index is 0.342. The van der Waals surface area contributed by atoms with Crippen LogP contribution >= 0.6 is 11.3 Å². The van der Waals surface area contributed by atoms with E-state index in [4.69, 9.17) is 0 Å². The summed E-state index contributed by atoms with van der Waals surface area (Å²) in [6.45, 7) is 3.42. The van der Waals surface area contributed by atoms with Crippen LogP contribution in [-0.4, -0.2) is 30.6 Å². The van der Waals surface area contributed by atoms with Crippen molar-refractivity contribution in [2.75, 3.05) is 5.32 Å². The van der Waals surface area contributed by atoms with E-state index < -0.39 is 0 Å². The van der Waals surface area contributed by atoms with Gasteiger partial charge >= 0.3 is 0 Å². The van der Waals surface area contributed by atoms with Crippen molar-refractivity contribution in [3.8, 4) is 16.6 Å². The first-order valence-corrected chi connectivity index (χ1v) is 6.86. The molecule has 0 bridgehead atoms. The maximum atomic E-state index is 11.5. The SMILES string of the molecule is C=CC(=O)Nc1cc(-n2cccn2)nc(-c2nccs2)n1. The van der Waals surface area contributed by atoms with E-state index in [1.54, 1.807) is 35.4 Å². The van der Waals surface area contributed by atoms with Crippen LogP contribution in [0.1, 0.15) is 0 Å². The van der Waals surface area contributed by atoms with Gasteiger partial charge in [0.25, 0.3) is 0 Å². The van der Waals surface area contributed by atoms with Gasteiger partial charge in [-0.3, -0.25) is 4.79 Å². The molecule has 0 radical (unpaired) electrons. The highest BCUT2D eigenvalue weighted by molar-refractivity contribution is 7.13. The van der Waals surface area contributed by atoms with E-state index in [0.717, 1.165) is 0 Å². The third-order valence-electron chi connectivity index (χ3n) is 2.51. The summed E-state index contributed by atoms with van der Waals surface area (Å²) in [4.78, 5) is 24.3. The van der Waals surface area contributed by atoms with Crippen LogP contribution in [0.15, 0.2) is 48.8 Å². The molecular weight excluding hydrogens is 288 g/mol. The third kappa shape index (κ3) is 2.84. The molecule has 7 nitrogen and oxygen atoms in total. The summed E-state index contributed by atoms with van der Waals surface area (Å²) < 4.78 is 1.59. The van der Waals surface area contributed by atoms with E-state index in [1.807, 2.05) is 5.38 Å². The van der Waals surface area contributed by atoms with Crippen LogP contribution in [0.2, 0.25) is 0 Å². The Morgan fingerprint density at radius 2 is 2.29 bits per heavy atom. The average Bonchev–Trinajstić information content (AvgIpc) is 3.20. The number of carbonyl (C=O) groups excluding carboxylic acids is 1. The zero-order valence-corrected chi connectivity index (χ0v) is 11.6. The Bertz CT molecular complexity index is 714. The Kier molecular flexibility index (Phi) is 3.52. The zero-order chi connectivity index (χ0) is 14.7. The molecule has 1 amide bonds. The highest BCUT2D eigenvalue weighted by Crippen LogP contribution is 2.21. The molecule has 8 heteroatoms. The maximum Gasteiger partial charge on any atom is 0.248 e. The van der Waals surface area contributed by atoms with Gasteiger partial charge in [0.2, 0.25) is 5.91 Å². The second kappa shape index (κ2) is 5.63. The molecule has 0 aliphatic rings. The fraction of sp³-hybridized carbons (Fsp3) is 0. The van der Waals surface area contributed by atoms with Gasteiger partial charge in [-0.05, 0) is 12.1 Å². The summed E-state index contributed by atoms with van der Waals surface area (Å²) in [5.74, 6) is 0.993. The van der Waals surface area contributed by atoms with Gasteiger partial charge in [0.1, 0.15) is 5.82 Å². The van der Waals surface area contributed by atoms with Crippen molar-refractivity contribution in [2.24, 2.45) is 0 Å². The molecule has 0 atom stereocenters. The highest BCUT2D eigenvalue weighted by atomic mass is 32.1. The second-order valence-corrected chi connectivity index (χ2v) is 4.81. The predicted molar refractivity (Wildman–Crippen MR) is 79.1 cm³/mol. The van der Waals surface area contributed by atoms with Gasteiger partial charge in [-0.2, -0.15) is 5.10 Å². The molecule has 0 aliphatic heterocycles. The molecule has 3 aromatic heterocycles. The van der Waals surface area contributed by atoms with Crippen molar-refractivity contribution in [2.45, 2.75) is 0 Å². The van der Waals surface area contributed by atoms with Crippen LogP contribution in [0.5, 0.6) is 0 Å². The van der Waals surface area contributed by atoms with E-state index in [1.165, 1.54) is 17.4 Å². The Morgan fingerprint density at radius 3 is 2.95 bits per heavy atom. The van der Waals surface area contributed by atoms with Crippen molar-refractivity contribution >= 4 is 23.1 Å². The molecular formula is C13H10N6OS. The Hall–Kier alpha value is -2.87. The van der Waals surface area contributed by atoms with Gasteiger partial charge in [0.05, 0.1) is 0 Å². The lowest BCUT2D eigenvalue weighted by atomic mass is 10.4. The first kappa shape index (κ1) is 13.1. The Labute approximate surface area is 124 Å². The number of nitrogens with one attached hydrogen (secondary N) is 1. The maximum absolute atomic E-state index is 11.5. The van der Waals surface area contributed by atoms with Gasteiger partial charge in [0, 0.05) is 30.0 Å². The van der Waals surface area contributed by atoms with E-state index in [0.29, 0.717) is 22.5 Å². The van der Waals surface area contributed by atoms with Gasteiger partial charge in [-0.1, -0.05) is 6.58 Å². The van der Waals surface area contributed by atoms with E-state index in [-0.39, 0.29) is 5.91 Å². The highest BCUT2D eigenvalue weighted by Gasteiger charge is 2.11. The Morgan fingerprint density at radius 1 is 1.38 bits per heavy atom. The molecule has 0 unspecified atom stereocenters. The van der Waals surface area contributed by atoms with Crippen molar-refractivity contribution in [3.63, 3.8) is 0 Å². The summed E-state index contributed by atoms with van der Waals surface area (Å²) >= 11 is 1.42. The fourth-order valence-corrected chi connectivity index (χ4v) is 2.20. The van der Waals surface area contributed by atoms with Crippen LogP contribution in [0.3, 0.4) is 0 Å². The lowest BCUT2D eigenvalue weighted by Crippen LogP contribution is -2.11. The van der Waals surface area contributed by atoms with Crippen LogP contribution < -0.4 is 5.32 Å². The number of aromatic nitrogens is 5. The normalized spacial score (nSPS) is 10.3. The lowest BCUT2D eigenvalue weighted by Gasteiger charge is -2.07. The van der Waals surface area contributed by atoms with Crippen LogP contribution in [0.25, 0.3) is 16.6 Å². The van der Waals surface area contributed by atoms with Gasteiger partial charge < -0.3 is 5.32 Å². The van der Waals surface area contributed by atoms with Gasteiger partial charge in [-0.15, -0.1) is 11.3 Å². The summed E-state index contributed by atoms with van der Waals surface area (Å²) in [7, 11) is 0. The molecule has 0 aliphatic carbocycles. The van der Waals surface area contributed by atoms with Crippen LogP contribution in [-0.2, 0) is 4.79 Å². The second-order valence-electron chi connectivity index (χ2n) is 3.92. The summed E-state index contributed by atoms with van der Waals surface area (Å²) in [6.07, 6.45) is 6.25. The van der Waals surface area contributed by atoms with E-state index in [9.17, 15) is 4.79 Å². The minimum Gasteiger partial charge on any atom is -0.307 e. The largest absolute Gasteiger partial charge is 0.307 e. The number of anilines is 1. The van der Waals surface area contributed by atoms with Crippen molar-refractivity contribution in [1.29, 1.82) is 0 Å². The third-order valence-corrected chi connectivity index (χ3v) is 3.28. The number of hydrogen-bond donors (Lipinski definition) is 1. The minimum atomic E-state index is -0.342. The van der Waals surface area contributed by atoms with Gasteiger partial charge in [0.15, 0.2) is 16.6 Å². The molecule has 0 aromatic carbocycles. The molecule has 0 fully saturated rings. The molecule has 0 saturated heterocycles. The Balaban J connectivity index is 2.08. The summed E-state index contributed by atoms with van der Waals surface area (Å²) in [6, 6.07) is 3.42. The van der Waals surface area contributed by atoms with E-state index >= 15 is 0 Å². The van der Waals surface area contributed by atoms with Crippen molar-refractivity contribution in [1.82, 2.24) is 24.7 Å². The first-order valence-electron chi connectivity index (χ1n) is 5.98. The van der Waals surface area contributed by atoms with Crippen molar-refractivity contribution < 1.29 is 4.79 Å². The van der Waals surface area contributed by atoms with Gasteiger partial charge in [-0.25, -0.2) is 19.6 Å². The summed E-state index contributed by atoms with van der Waals surface area (Å²) in [5, 5.41) is 9.25. The first-order chi connectivity index (χ1) is 10.3. The van der Waals surface area contributed by atoms with Crippen LogP contribution in [0, 0.1) is 0 Å². The molecule has 1 N–H and O–H groups in total. The quantitative estimate of drug-likeness (QED) is 0.744. The van der Waals surface area contributed by atoms with E-state index in [2.05, 4.69) is 31.9 Å². The molecule has 3 heterocycles.